The minimum absolute atomic E-state index is 0.778. The van der Waals surface area contributed by atoms with Crippen molar-refractivity contribution in [3.05, 3.63) is 60.2 Å². The third-order valence-electron chi connectivity index (χ3n) is 4.74. The zero-order valence-corrected chi connectivity index (χ0v) is 13.3. The molecule has 0 heterocycles. The molecule has 0 spiro atoms. The van der Waals surface area contributed by atoms with Gasteiger partial charge in [-0.25, -0.2) is 0 Å². The van der Waals surface area contributed by atoms with Crippen molar-refractivity contribution in [1.82, 2.24) is 5.32 Å². The van der Waals surface area contributed by atoms with Gasteiger partial charge in [0.25, 0.3) is 0 Å². The van der Waals surface area contributed by atoms with Crippen LogP contribution in [-0.2, 0) is 6.54 Å². The fourth-order valence-corrected chi connectivity index (χ4v) is 3.57. The summed E-state index contributed by atoms with van der Waals surface area (Å²) < 4.78 is 0. The van der Waals surface area contributed by atoms with E-state index in [1.54, 1.807) is 0 Å². The Morgan fingerprint density at radius 3 is 2.22 bits per heavy atom. The summed E-state index contributed by atoms with van der Waals surface area (Å²) in [6, 6.07) is 20.1. The second kappa shape index (κ2) is 6.15. The van der Waals surface area contributed by atoms with Crippen molar-refractivity contribution in [2.24, 2.45) is 5.73 Å². The van der Waals surface area contributed by atoms with E-state index in [-0.39, 0.29) is 0 Å². The Balaban J connectivity index is 1.77. The van der Waals surface area contributed by atoms with Crippen LogP contribution in [0.1, 0.15) is 18.4 Å². The Labute approximate surface area is 136 Å². The van der Waals surface area contributed by atoms with Gasteiger partial charge in [-0.2, -0.15) is 0 Å². The van der Waals surface area contributed by atoms with Gasteiger partial charge in [-0.15, -0.1) is 0 Å². The molecule has 0 atom stereocenters. The van der Waals surface area contributed by atoms with Gasteiger partial charge in [-0.1, -0.05) is 54.6 Å². The van der Waals surface area contributed by atoms with E-state index in [0.717, 1.165) is 32.5 Å². The fraction of sp³-hybridized carbons (Fsp3) is 0.238. The second-order valence-electron chi connectivity index (χ2n) is 6.25. The summed E-state index contributed by atoms with van der Waals surface area (Å²) in [6.07, 6.45) is 2.23. The van der Waals surface area contributed by atoms with Crippen LogP contribution in [0, 0.1) is 0 Å². The van der Waals surface area contributed by atoms with Crippen molar-refractivity contribution in [3.8, 4) is 0 Å². The van der Waals surface area contributed by atoms with Crippen LogP contribution in [0.15, 0.2) is 54.6 Å². The summed E-state index contributed by atoms with van der Waals surface area (Å²) in [5.74, 6) is 0. The van der Waals surface area contributed by atoms with Crippen LogP contribution in [0.4, 0.5) is 0 Å². The monoisotopic (exact) mass is 302 g/mol. The topological polar surface area (TPSA) is 38.0 Å². The molecule has 23 heavy (non-hydrogen) atoms. The largest absolute Gasteiger partial charge is 0.330 e. The first-order valence-electron chi connectivity index (χ1n) is 8.44. The number of benzene rings is 4. The van der Waals surface area contributed by atoms with Crippen LogP contribution in [0.3, 0.4) is 0 Å². The molecule has 3 N–H and O–H groups in total. The normalized spacial score (nSPS) is 11.9. The molecule has 0 fully saturated rings. The van der Waals surface area contributed by atoms with E-state index in [0.29, 0.717) is 0 Å². The molecule has 0 saturated heterocycles. The van der Waals surface area contributed by atoms with Gasteiger partial charge >= 0.3 is 0 Å². The Kier molecular flexibility index (Phi) is 3.86. The summed E-state index contributed by atoms with van der Waals surface area (Å²) in [5.41, 5.74) is 6.93. The summed E-state index contributed by atoms with van der Waals surface area (Å²) in [6.45, 7) is 2.72. The van der Waals surface area contributed by atoms with Gasteiger partial charge in [0.05, 0.1) is 0 Å². The van der Waals surface area contributed by atoms with Crippen molar-refractivity contribution in [3.63, 3.8) is 0 Å². The molecule has 0 amide bonds. The third-order valence-corrected chi connectivity index (χ3v) is 4.74. The first-order chi connectivity index (χ1) is 11.4. The maximum atomic E-state index is 5.55. The van der Waals surface area contributed by atoms with Crippen LogP contribution in [0.5, 0.6) is 0 Å². The molecule has 4 aromatic carbocycles. The van der Waals surface area contributed by atoms with Gasteiger partial charge < -0.3 is 11.1 Å². The van der Waals surface area contributed by atoms with E-state index in [2.05, 4.69) is 59.9 Å². The lowest BCUT2D eigenvalue weighted by molar-refractivity contribution is 0.629. The first-order valence-corrected chi connectivity index (χ1v) is 8.44. The van der Waals surface area contributed by atoms with E-state index >= 15 is 0 Å². The maximum Gasteiger partial charge on any atom is 0.0211 e. The summed E-state index contributed by atoms with van der Waals surface area (Å²) in [4.78, 5) is 0. The Hall–Kier alpha value is -2.16. The smallest absolute Gasteiger partial charge is 0.0211 e. The average Bonchev–Trinajstić information content (AvgIpc) is 2.60. The summed E-state index contributed by atoms with van der Waals surface area (Å²) >= 11 is 0. The summed E-state index contributed by atoms with van der Waals surface area (Å²) in [5, 5.41) is 11.7. The highest BCUT2D eigenvalue weighted by Gasteiger charge is 2.10. The molecule has 0 radical (unpaired) electrons. The van der Waals surface area contributed by atoms with Crippen LogP contribution < -0.4 is 11.1 Å². The average molecular weight is 302 g/mol. The molecule has 116 valence electrons. The minimum atomic E-state index is 0.778. The minimum Gasteiger partial charge on any atom is -0.330 e. The molecule has 0 bridgehead atoms. The molecule has 0 unspecified atom stereocenters. The molecule has 0 aliphatic rings. The standard InChI is InChI=1S/C21H22N2/c22-12-1-2-13-23-14-18-9-8-17-7-6-15-4-3-5-16-10-11-19(18)21(17)20(15)16/h3-11,23H,1-2,12-14,22H2. The zero-order chi connectivity index (χ0) is 15.6. The molecule has 0 aliphatic carbocycles. The van der Waals surface area contributed by atoms with E-state index in [9.17, 15) is 0 Å². The molecule has 4 aromatic rings. The van der Waals surface area contributed by atoms with Crippen LogP contribution in [0.2, 0.25) is 0 Å². The molecule has 0 saturated carbocycles. The second-order valence-corrected chi connectivity index (χ2v) is 6.25. The van der Waals surface area contributed by atoms with E-state index < -0.39 is 0 Å². The number of nitrogens with two attached hydrogens (primary N) is 1. The summed E-state index contributed by atoms with van der Waals surface area (Å²) in [7, 11) is 0. The van der Waals surface area contributed by atoms with Crippen LogP contribution in [0.25, 0.3) is 32.3 Å². The maximum absolute atomic E-state index is 5.55. The zero-order valence-electron chi connectivity index (χ0n) is 13.3. The van der Waals surface area contributed by atoms with Crippen molar-refractivity contribution in [2.75, 3.05) is 13.1 Å². The van der Waals surface area contributed by atoms with Crippen molar-refractivity contribution >= 4 is 32.3 Å². The fourth-order valence-electron chi connectivity index (χ4n) is 3.57. The van der Waals surface area contributed by atoms with Crippen molar-refractivity contribution in [2.45, 2.75) is 19.4 Å². The number of nitrogens with one attached hydrogen (secondary N) is 1. The van der Waals surface area contributed by atoms with E-state index in [1.807, 2.05) is 0 Å². The number of rotatable bonds is 6. The first kappa shape index (κ1) is 14.4. The van der Waals surface area contributed by atoms with Gasteiger partial charge in [0.2, 0.25) is 0 Å². The SMILES string of the molecule is NCCCCNCc1ccc2ccc3cccc4ccc1c2c34. The molecular formula is C21H22N2. The van der Waals surface area contributed by atoms with Gasteiger partial charge in [-0.3, -0.25) is 0 Å². The van der Waals surface area contributed by atoms with Crippen LogP contribution in [-0.4, -0.2) is 13.1 Å². The predicted molar refractivity (Wildman–Crippen MR) is 100 cm³/mol. The van der Waals surface area contributed by atoms with E-state index in [4.69, 9.17) is 5.73 Å². The highest BCUT2D eigenvalue weighted by atomic mass is 14.8. The predicted octanol–water partition coefficient (Wildman–Crippen LogP) is 4.41. The molecular weight excluding hydrogens is 280 g/mol. The lowest BCUT2D eigenvalue weighted by Gasteiger charge is -2.14. The Morgan fingerprint density at radius 1 is 0.739 bits per heavy atom. The molecule has 0 aliphatic heterocycles. The number of unbranched alkanes of at least 4 members (excludes halogenated alkanes) is 1. The van der Waals surface area contributed by atoms with Gasteiger partial charge in [0.1, 0.15) is 0 Å². The highest BCUT2D eigenvalue weighted by molar-refractivity contribution is 6.23. The molecule has 4 rings (SSSR count). The quantitative estimate of drug-likeness (QED) is 0.409. The van der Waals surface area contributed by atoms with Crippen molar-refractivity contribution in [1.29, 1.82) is 0 Å². The van der Waals surface area contributed by atoms with E-state index in [1.165, 1.54) is 37.9 Å². The highest BCUT2D eigenvalue weighted by Crippen LogP contribution is 2.35. The Bertz CT molecular complexity index is 927. The molecule has 2 nitrogen and oxygen atoms in total. The van der Waals surface area contributed by atoms with Crippen LogP contribution >= 0.6 is 0 Å². The lowest BCUT2D eigenvalue weighted by atomic mass is 9.92. The molecule has 2 heteroatoms. The number of hydrogen-bond acceptors (Lipinski definition) is 2. The van der Waals surface area contributed by atoms with Gasteiger partial charge in [-0.05, 0) is 63.8 Å². The third kappa shape index (κ3) is 2.54. The van der Waals surface area contributed by atoms with Gasteiger partial charge in [0.15, 0.2) is 0 Å². The van der Waals surface area contributed by atoms with Crippen molar-refractivity contribution < 1.29 is 0 Å². The lowest BCUT2D eigenvalue weighted by Crippen LogP contribution is -2.16. The number of hydrogen-bond donors (Lipinski definition) is 2. The Morgan fingerprint density at radius 2 is 1.43 bits per heavy atom. The van der Waals surface area contributed by atoms with Gasteiger partial charge in [0, 0.05) is 6.54 Å². The molecule has 0 aromatic heterocycles.